The van der Waals surface area contributed by atoms with Crippen LogP contribution in [0.5, 0.6) is 5.75 Å². The van der Waals surface area contributed by atoms with E-state index in [1.165, 1.54) is 26.9 Å². The average Bonchev–Trinajstić information content (AvgIpc) is 2.76. The average molecular weight is 277 g/mol. The number of ether oxygens (including phenoxy) is 1. The lowest BCUT2D eigenvalue weighted by Gasteiger charge is -2.09. The summed E-state index contributed by atoms with van der Waals surface area (Å²) in [6.07, 6.45) is 1.18. The molecule has 0 spiro atoms. The lowest BCUT2D eigenvalue weighted by molar-refractivity contribution is 0.415. The van der Waals surface area contributed by atoms with Crippen LogP contribution in [0, 0.1) is 0 Å². The van der Waals surface area contributed by atoms with Gasteiger partial charge in [-0.3, -0.25) is 0 Å². The highest BCUT2D eigenvalue weighted by molar-refractivity contribution is 7.19. The Hall–Kier alpha value is -1.06. The molecule has 0 saturated carbocycles. The van der Waals surface area contributed by atoms with Crippen molar-refractivity contribution in [3.8, 4) is 5.75 Å². The first-order chi connectivity index (χ1) is 9.17. The highest BCUT2D eigenvalue weighted by atomic mass is 32.1. The van der Waals surface area contributed by atoms with Gasteiger partial charge in [-0.05, 0) is 48.0 Å². The number of nitrogens with one attached hydrogen (secondary N) is 1. The van der Waals surface area contributed by atoms with Gasteiger partial charge in [0.1, 0.15) is 5.75 Å². The molecule has 0 aliphatic carbocycles. The monoisotopic (exact) mass is 277 g/mol. The molecule has 2 aromatic rings. The fourth-order valence-electron chi connectivity index (χ4n) is 2.42. The lowest BCUT2D eigenvalue weighted by atomic mass is 9.99. The van der Waals surface area contributed by atoms with Crippen molar-refractivity contribution >= 4 is 21.4 Å². The summed E-state index contributed by atoms with van der Waals surface area (Å²) < 4.78 is 6.71. The van der Waals surface area contributed by atoms with Crippen LogP contribution in [0.1, 0.15) is 43.6 Å². The van der Waals surface area contributed by atoms with Gasteiger partial charge >= 0.3 is 0 Å². The summed E-state index contributed by atoms with van der Waals surface area (Å²) in [4.78, 5) is 1.46. The van der Waals surface area contributed by atoms with Crippen molar-refractivity contribution in [2.45, 2.75) is 39.7 Å². The molecule has 0 unspecified atom stereocenters. The molecule has 0 aliphatic heterocycles. The van der Waals surface area contributed by atoms with E-state index in [1.807, 2.05) is 17.4 Å². The number of fused-ring (bicyclic) bond motifs is 1. The molecule has 1 aromatic heterocycles. The van der Waals surface area contributed by atoms with E-state index in [9.17, 15) is 0 Å². The van der Waals surface area contributed by atoms with Gasteiger partial charge in [-0.15, -0.1) is 11.3 Å². The van der Waals surface area contributed by atoms with Gasteiger partial charge in [-0.2, -0.15) is 0 Å². The first-order valence-electron chi connectivity index (χ1n) is 6.97. The summed E-state index contributed by atoms with van der Waals surface area (Å²) in [6.45, 7) is 8.79. The second kappa shape index (κ2) is 6.40. The Bertz CT molecular complexity index is 545. The highest BCUT2D eigenvalue weighted by Gasteiger charge is 2.15. The van der Waals surface area contributed by atoms with Crippen molar-refractivity contribution in [3.05, 3.63) is 28.6 Å². The van der Waals surface area contributed by atoms with Gasteiger partial charge in [0.2, 0.25) is 0 Å². The van der Waals surface area contributed by atoms with E-state index in [2.05, 4.69) is 38.2 Å². The van der Waals surface area contributed by atoms with Crippen LogP contribution in [-0.4, -0.2) is 13.7 Å². The van der Waals surface area contributed by atoms with Crippen LogP contribution in [0.2, 0.25) is 0 Å². The number of hydrogen-bond donors (Lipinski definition) is 1. The number of benzene rings is 1. The van der Waals surface area contributed by atoms with E-state index in [0.717, 1.165) is 18.8 Å². The van der Waals surface area contributed by atoms with E-state index in [0.29, 0.717) is 5.92 Å². The Labute approximate surface area is 119 Å². The van der Waals surface area contributed by atoms with Crippen molar-refractivity contribution in [2.24, 2.45) is 0 Å². The molecule has 0 radical (unpaired) electrons. The minimum Gasteiger partial charge on any atom is -0.497 e. The summed E-state index contributed by atoms with van der Waals surface area (Å²) >= 11 is 1.90. The normalized spacial score (nSPS) is 11.4. The summed E-state index contributed by atoms with van der Waals surface area (Å²) in [5.74, 6) is 1.49. The predicted molar refractivity (Wildman–Crippen MR) is 84.5 cm³/mol. The molecular formula is C16H23NOS. The van der Waals surface area contributed by atoms with Crippen LogP contribution in [0.4, 0.5) is 0 Å². The first-order valence-corrected chi connectivity index (χ1v) is 7.79. The van der Waals surface area contributed by atoms with Gasteiger partial charge in [0.25, 0.3) is 0 Å². The number of rotatable bonds is 6. The van der Waals surface area contributed by atoms with Crippen molar-refractivity contribution in [1.82, 2.24) is 5.32 Å². The largest absolute Gasteiger partial charge is 0.497 e. The van der Waals surface area contributed by atoms with Crippen LogP contribution in [0.15, 0.2) is 18.2 Å². The van der Waals surface area contributed by atoms with Crippen LogP contribution in [0.25, 0.3) is 10.1 Å². The molecule has 0 bridgehead atoms. The Morgan fingerprint density at radius 2 is 2.11 bits per heavy atom. The molecule has 1 heterocycles. The molecular weight excluding hydrogens is 254 g/mol. The summed E-state index contributed by atoms with van der Waals surface area (Å²) in [5.41, 5.74) is 1.47. The maximum Gasteiger partial charge on any atom is 0.119 e. The SMILES string of the molecule is CCCNCc1sc2ccc(OC)cc2c1C(C)C. The number of methoxy groups -OCH3 is 1. The Morgan fingerprint density at radius 3 is 2.74 bits per heavy atom. The minimum atomic E-state index is 0.541. The standard InChI is InChI=1S/C16H23NOS/c1-5-8-17-10-15-16(11(2)3)13-9-12(18-4)6-7-14(13)19-15/h6-7,9,11,17H,5,8,10H2,1-4H3. The third-order valence-corrected chi connectivity index (χ3v) is 4.49. The zero-order valence-corrected chi connectivity index (χ0v) is 13.1. The first kappa shape index (κ1) is 14.4. The van der Waals surface area contributed by atoms with Crippen molar-refractivity contribution in [2.75, 3.05) is 13.7 Å². The van der Waals surface area contributed by atoms with E-state index in [4.69, 9.17) is 4.74 Å². The zero-order chi connectivity index (χ0) is 13.8. The third kappa shape index (κ3) is 3.10. The Morgan fingerprint density at radius 1 is 1.32 bits per heavy atom. The van der Waals surface area contributed by atoms with Crippen molar-refractivity contribution in [3.63, 3.8) is 0 Å². The van der Waals surface area contributed by atoms with Crippen LogP contribution >= 0.6 is 11.3 Å². The van der Waals surface area contributed by atoms with Crippen molar-refractivity contribution < 1.29 is 4.74 Å². The van der Waals surface area contributed by atoms with E-state index in [-0.39, 0.29) is 0 Å². The molecule has 0 atom stereocenters. The minimum absolute atomic E-state index is 0.541. The summed E-state index contributed by atoms with van der Waals surface area (Å²) in [6, 6.07) is 6.39. The van der Waals surface area contributed by atoms with Gasteiger partial charge in [-0.1, -0.05) is 20.8 Å². The molecule has 104 valence electrons. The van der Waals surface area contributed by atoms with Crippen LogP contribution in [-0.2, 0) is 6.54 Å². The topological polar surface area (TPSA) is 21.3 Å². The maximum absolute atomic E-state index is 5.35. The molecule has 1 N–H and O–H groups in total. The molecule has 2 nitrogen and oxygen atoms in total. The summed E-state index contributed by atoms with van der Waals surface area (Å²) in [7, 11) is 1.73. The van der Waals surface area contributed by atoms with Crippen molar-refractivity contribution in [1.29, 1.82) is 0 Å². The molecule has 0 saturated heterocycles. The number of hydrogen-bond acceptors (Lipinski definition) is 3. The zero-order valence-electron chi connectivity index (χ0n) is 12.2. The van der Waals surface area contributed by atoms with Gasteiger partial charge in [0.15, 0.2) is 0 Å². The molecule has 0 amide bonds. The second-order valence-corrected chi connectivity index (χ2v) is 6.27. The van der Waals surface area contributed by atoms with Gasteiger partial charge in [0, 0.05) is 16.1 Å². The van der Waals surface area contributed by atoms with Crippen LogP contribution in [0.3, 0.4) is 0 Å². The fraction of sp³-hybridized carbons (Fsp3) is 0.500. The van der Waals surface area contributed by atoms with Gasteiger partial charge in [0.05, 0.1) is 7.11 Å². The second-order valence-electron chi connectivity index (χ2n) is 5.13. The summed E-state index contributed by atoms with van der Waals surface area (Å²) in [5, 5.41) is 4.87. The van der Waals surface area contributed by atoms with E-state index in [1.54, 1.807) is 7.11 Å². The Kier molecular flexibility index (Phi) is 4.83. The third-order valence-electron chi connectivity index (χ3n) is 3.30. The quantitative estimate of drug-likeness (QED) is 0.783. The molecule has 19 heavy (non-hydrogen) atoms. The van der Waals surface area contributed by atoms with E-state index >= 15 is 0 Å². The van der Waals surface area contributed by atoms with Crippen LogP contribution < -0.4 is 10.1 Å². The van der Waals surface area contributed by atoms with Gasteiger partial charge < -0.3 is 10.1 Å². The lowest BCUT2D eigenvalue weighted by Crippen LogP contribution is -2.14. The highest BCUT2D eigenvalue weighted by Crippen LogP contribution is 2.37. The number of thiophene rings is 1. The molecule has 3 heteroatoms. The fourth-order valence-corrected chi connectivity index (χ4v) is 3.73. The molecule has 1 aromatic carbocycles. The predicted octanol–water partition coefficient (Wildman–Crippen LogP) is 4.53. The maximum atomic E-state index is 5.35. The molecule has 2 rings (SSSR count). The Balaban J connectivity index is 2.42. The smallest absolute Gasteiger partial charge is 0.119 e. The molecule has 0 aliphatic rings. The van der Waals surface area contributed by atoms with E-state index < -0.39 is 0 Å². The molecule has 0 fully saturated rings. The van der Waals surface area contributed by atoms with Gasteiger partial charge in [-0.25, -0.2) is 0 Å².